The van der Waals surface area contributed by atoms with Crippen molar-refractivity contribution in [1.29, 1.82) is 0 Å². The van der Waals surface area contributed by atoms with Gasteiger partial charge in [0.2, 0.25) is 5.88 Å². The molecule has 0 saturated heterocycles. The Morgan fingerprint density at radius 1 is 1.20 bits per heavy atom. The van der Waals surface area contributed by atoms with E-state index in [2.05, 4.69) is 49.4 Å². The van der Waals surface area contributed by atoms with E-state index in [1.165, 1.54) is 22.2 Å². The van der Waals surface area contributed by atoms with Gasteiger partial charge in [-0.15, -0.1) is 0 Å². The van der Waals surface area contributed by atoms with Gasteiger partial charge >= 0.3 is 0 Å². The molecule has 4 heteroatoms. The van der Waals surface area contributed by atoms with E-state index >= 15 is 0 Å². The first-order chi connectivity index (χ1) is 12.0. The number of benzene rings is 1. The minimum atomic E-state index is 0.612. The first-order valence-corrected chi connectivity index (χ1v) is 9.16. The summed E-state index contributed by atoms with van der Waals surface area (Å²) in [6, 6.07) is 10.1. The molecule has 0 N–H and O–H groups in total. The zero-order chi connectivity index (χ0) is 18.0. The standard InChI is InChI=1S/C21H25ClN2O/c1-14(2)9-11-25-21-20-19(8-10-23-21)15(3)16(4)24(20)13-17-6-5-7-18(22)12-17/h5-8,10,12,14H,9,11,13H2,1-4H3. The van der Waals surface area contributed by atoms with Crippen molar-refractivity contribution in [2.75, 3.05) is 6.61 Å². The third-order valence-electron chi connectivity index (χ3n) is 4.68. The van der Waals surface area contributed by atoms with E-state index < -0.39 is 0 Å². The normalized spacial score (nSPS) is 11.4. The summed E-state index contributed by atoms with van der Waals surface area (Å²) in [6.45, 7) is 10.1. The molecule has 0 unspecified atom stereocenters. The first-order valence-electron chi connectivity index (χ1n) is 8.79. The summed E-state index contributed by atoms with van der Waals surface area (Å²) in [5.74, 6) is 1.33. The van der Waals surface area contributed by atoms with Crippen LogP contribution in [0.1, 0.15) is 37.1 Å². The summed E-state index contributed by atoms with van der Waals surface area (Å²) < 4.78 is 8.33. The Hall–Kier alpha value is -2.00. The molecule has 0 aliphatic carbocycles. The lowest BCUT2D eigenvalue weighted by molar-refractivity contribution is 0.281. The van der Waals surface area contributed by atoms with Gasteiger partial charge in [0.1, 0.15) is 5.52 Å². The van der Waals surface area contributed by atoms with E-state index in [0.29, 0.717) is 12.5 Å². The van der Waals surface area contributed by atoms with Crippen LogP contribution < -0.4 is 4.74 Å². The highest BCUT2D eigenvalue weighted by molar-refractivity contribution is 6.30. The summed E-state index contributed by atoms with van der Waals surface area (Å²) in [5.41, 5.74) is 4.75. The number of halogens is 1. The van der Waals surface area contributed by atoms with Gasteiger partial charge in [0.05, 0.1) is 6.61 Å². The molecule has 2 aromatic heterocycles. The molecule has 3 aromatic rings. The summed E-state index contributed by atoms with van der Waals surface area (Å²) in [7, 11) is 0. The van der Waals surface area contributed by atoms with Gasteiger partial charge in [-0.25, -0.2) is 4.98 Å². The zero-order valence-electron chi connectivity index (χ0n) is 15.3. The molecular weight excluding hydrogens is 332 g/mol. The van der Waals surface area contributed by atoms with Crippen LogP contribution in [0, 0.1) is 19.8 Å². The Labute approximate surface area is 154 Å². The van der Waals surface area contributed by atoms with Crippen molar-refractivity contribution in [2.45, 2.75) is 40.7 Å². The number of ether oxygens (including phenoxy) is 1. The lowest BCUT2D eigenvalue weighted by Crippen LogP contribution is -2.06. The molecule has 0 atom stereocenters. The Bertz CT molecular complexity index is 883. The van der Waals surface area contributed by atoms with Crippen molar-refractivity contribution < 1.29 is 4.74 Å². The fourth-order valence-corrected chi connectivity index (χ4v) is 3.29. The van der Waals surface area contributed by atoms with Crippen molar-refractivity contribution in [1.82, 2.24) is 9.55 Å². The number of aryl methyl sites for hydroxylation is 1. The van der Waals surface area contributed by atoms with E-state index in [-0.39, 0.29) is 0 Å². The molecule has 132 valence electrons. The van der Waals surface area contributed by atoms with E-state index in [1.54, 1.807) is 0 Å². The molecule has 0 aliphatic heterocycles. The van der Waals surface area contributed by atoms with Crippen molar-refractivity contribution in [3.8, 4) is 5.88 Å². The Morgan fingerprint density at radius 2 is 2.00 bits per heavy atom. The average molecular weight is 357 g/mol. The van der Waals surface area contributed by atoms with Gasteiger partial charge in [-0.3, -0.25) is 0 Å². The van der Waals surface area contributed by atoms with Crippen molar-refractivity contribution in [3.63, 3.8) is 0 Å². The van der Waals surface area contributed by atoms with Crippen LogP contribution >= 0.6 is 11.6 Å². The molecule has 0 fully saturated rings. The van der Waals surface area contributed by atoms with Gasteiger partial charge in [0.25, 0.3) is 0 Å². The van der Waals surface area contributed by atoms with Gasteiger partial charge in [0.15, 0.2) is 0 Å². The maximum absolute atomic E-state index is 6.16. The first kappa shape index (κ1) is 17.8. The lowest BCUT2D eigenvalue weighted by Gasteiger charge is -2.13. The molecule has 25 heavy (non-hydrogen) atoms. The molecule has 0 saturated carbocycles. The second-order valence-corrected chi connectivity index (χ2v) is 7.41. The number of fused-ring (bicyclic) bond motifs is 1. The molecule has 0 aliphatic rings. The van der Waals surface area contributed by atoms with Gasteiger partial charge in [0, 0.05) is 28.8 Å². The minimum Gasteiger partial charge on any atom is -0.476 e. The quantitative estimate of drug-likeness (QED) is 0.559. The highest BCUT2D eigenvalue weighted by Crippen LogP contribution is 2.32. The van der Waals surface area contributed by atoms with Crippen LogP contribution in [0.3, 0.4) is 0 Å². The molecule has 3 rings (SSSR count). The van der Waals surface area contributed by atoms with Crippen LogP contribution in [-0.2, 0) is 6.54 Å². The molecule has 3 nitrogen and oxygen atoms in total. The molecule has 2 heterocycles. The number of aromatic nitrogens is 2. The van der Waals surface area contributed by atoms with E-state index in [9.17, 15) is 0 Å². The molecular formula is C21H25ClN2O. The van der Waals surface area contributed by atoms with E-state index in [4.69, 9.17) is 16.3 Å². The van der Waals surface area contributed by atoms with Crippen LogP contribution in [0.15, 0.2) is 36.5 Å². The third kappa shape index (κ3) is 3.82. The lowest BCUT2D eigenvalue weighted by atomic mass is 10.1. The van der Waals surface area contributed by atoms with Crippen LogP contribution in [-0.4, -0.2) is 16.2 Å². The molecule has 0 radical (unpaired) electrons. The molecule has 0 spiro atoms. The monoisotopic (exact) mass is 356 g/mol. The van der Waals surface area contributed by atoms with Gasteiger partial charge in [-0.1, -0.05) is 37.6 Å². The fourth-order valence-electron chi connectivity index (χ4n) is 3.08. The third-order valence-corrected chi connectivity index (χ3v) is 4.91. The Balaban J connectivity index is 2.02. The summed E-state index contributed by atoms with van der Waals surface area (Å²) >= 11 is 6.16. The zero-order valence-corrected chi connectivity index (χ0v) is 16.1. The molecule has 0 amide bonds. The average Bonchev–Trinajstić information content (AvgIpc) is 2.81. The highest BCUT2D eigenvalue weighted by Gasteiger charge is 2.16. The maximum Gasteiger partial charge on any atom is 0.238 e. The summed E-state index contributed by atoms with van der Waals surface area (Å²) in [5, 5.41) is 1.96. The predicted octanol–water partition coefficient (Wildman–Crippen LogP) is 5.78. The van der Waals surface area contributed by atoms with E-state index in [1.807, 2.05) is 24.4 Å². The Kier molecular flexibility index (Phi) is 5.33. The van der Waals surface area contributed by atoms with E-state index in [0.717, 1.165) is 29.4 Å². The predicted molar refractivity (Wildman–Crippen MR) is 105 cm³/mol. The largest absolute Gasteiger partial charge is 0.476 e. The number of pyridine rings is 1. The second kappa shape index (κ2) is 7.49. The summed E-state index contributed by atoms with van der Waals surface area (Å²) in [6.07, 6.45) is 2.86. The maximum atomic E-state index is 6.16. The van der Waals surface area contributed by atoms with Crippen molar-refractivity contribution in [2.24, 2.45) is 5.92 Å². The number of nitrogens with zero attached hydrogens (tertiary/aromatic N) is 2. The van der Waals surface area contributed by atoms with Crippen molar-refractivity contribution in [3.05, 3.63) is 58.4 Å². The fraction of sp³-hybridized carbons (Fsp3) is 0.381. The number of hydrogen-bond acceptors (Lipinski definition) is 2. The smallest absolute Gasteiger partial charge is 0.238 e. The van der Waals surface area contributed by atoms with Gasteiger partial charge in [-0.05, 0) is 55.5 Å². The number of hydrogen-bond donors (Lipinski definition) is 0. The van der Waals surface area contributed by atoms with Crippen LogP contribution in [0.4, 0.5) is 0 Å². The minimum absolute atomic E-state index is 0.612. The van der Waals surface area contributed by atoms with Gasteiger partial charge < -0.3 is 9.30 Å². The van der Waals surface area contributed by atoms with Crippen LogP contribution in [0.5, 0.6) is 5.88 Å². The van der Waals surface area contributed by atoms with Crippen LogP contribution in [0.2, 0.25) is 5.02 Å². The highest BCUT2D eigenvalue weighted by atomic mass is 35.5. The number of rotatable bonds is 6. The van der Waals surface area contributed by atoms with Crippen molar-refractivity contribution >= 4 is 22.5 Å². The Morgan fingerprint density at radius 3 is 2.72 bits per heavy atom. The summed E-state index contributed by atoms with van der Waals surface area (Å²) in [4.78, 5) is 4.51. The molecule has 1 aromatic carbocycles. The SMILES string of the molecule is Cc1c(C)n(Cc2cccc(Cl)c2)c2c(OCCC(C)C)nccc12. The van der Waals surface area contributed by atoms with Crippen LogP contribution in [0.25, 0.3) is 10.9 Å². The van der Waals surface area contributed by atoms with Gasteiger partial charge in [-0.2, -0.15) is 0 Å². The topological polar surface area (TPSA) is 27.1 Å². The molecule has 0 bridgehead atoms. The second-order valence-electron chi connectivity index (χ2n) is 6.97.